The van der Waals surface area contributed by atoms with Crippen LogP contribution in [0.1, 0.15) is 22.3 Å². The zero-order valence-electron chi connectivity index (χ0n) is 19.3. The SMILES string of the molecule is O=C1C=CC2(C=C1)C(c1ccccc1)=C(c1ccccc1)C(c1ccccc1)=C2c1ccccc1. The van der Waals surface area contributed by atoms with E-state index in [-0.39, 0.29) is 5.78 Å². The molecule has 1 heteroatoms. The number of carbonyl (C=O) groups is 1. The molecular weight excluding hydrogens is 424 g/mol. The van der Waals surface area contributed by atoms with Gasteiger partial charge < -0.3 is 0 Å². The molecule has 0 amide bonds. The number of hydrogen-bond acceptors (Lipinski definition) is 1. The summed E-state index contributed by atoms with van der Waals surface area (Å²) in [5.74, 6) is 0.0184. The van der Waals surface area contributed by atoms with Gasteiger partial charge in [-0.05, 0) is 56.7 Å². The Balaban J connectivity index is 1.81. The van der Waals surface area contributed by atoms with Gasteiger partial charge >= 0.3 is 0 Å². The zero-order valence-corrected chi connectivity index (χ0v) is 19.3. The Labute approximate surface area is 206 Å². The minimum Gasteiger partial charge on any atom is -0.290 e. The summed E-state index contributed by atoms with van der Waals surface area (Å²) >= 11 is 0. The lowest BCUT2D eigenvalue weighted by Gasteiger charge is -2.32. The molecule has 0 aliphatic heterocycles. The van der Waals surface area contributed by atoms with E-state index in [1.54, 1.807) is 12.2 Å². The predicted octanol–water partition coefficient (Wildman–Crippen LogP) is 7.90. The monoisotopic (exact) mass is 448 g/mol. The highest BCUT2D eigenvalue weighted by atomic mass is 16.1. The van der Waals surface area contributed by atoms with Crippen LogP contribution >= 0.6 is 0 Å². The minimum absolute atomic E-state index is 0.0184. The molecule has 1 spiro atoms. The van der Waals surface area contributed by atoms with E-state index in [1.807, 2.05) is 12.1 Å². The Morgan fingerprint density at radius 3 is 1.06 bits per heavy atom. The molecule has 4 aromatic rings. The minimum atomic E-state index is -0.576. The molecule has 2 aliphatic rings. The Morgan fingerprint density at radius 2 is 0.714 bits per heavy atom. The van der Waals surface area contributed by atoms with E-state index in [0.29, 0.717) is 0 Å². The van der Waals surface area contributed by atoms with Crippen LogP contribution in [0.15, 0.2) is 146 Å². The summed E-state index contributed by atoms with van der Waals surface area (Å²) in [5.41, 5.74) is 8.83. The first kappa shape index (κ1) is 21.1. The molecule has 166 valence electrons. The largest absolute Gasteiger partial charge is 0.290 e. The van der Waals surface area contributed by atoms with E-state index >= 15 is 0 Å². The van der Waals surface area contributed by atoms with E-state index in [1.165, 1.54) is 22.3 Å². The van der Waals surface area contributed by atoms with E-state index < -0.39 is 5.41 Å². The van der Waals surface area contributed by atoms with Gasteiger partial charge in [0.2, 0.25) is 0 Å². The van der Waals surface area contributed by atoms with Crippen molar-refractivity contribution in [1.29, 1.82) is 0 Å². The third kappa shape index (κ3) is 3.53. The lowest BCUT2D eigenvalue weighted by atomic mass is 9.69. The number of allylic oxidation sites excluding steroid dienone is 8. The van der Waals surface area contributed by atoms with Crippen molar-refractivity contribution in [3.8, 4) is 0 Å². The van der Waals surface area contributed by atoms with Gasteiger partial charge in [-0.2, -0.15) is 0 Å². The molecule has 35 heavy (non-hydrogen) atoms. The standard InChI is InChI=1S/C34H24O/c35-29-21-23-34(24-22-29)32(27-17-9-3-10-18-27)30(25-13-5-1-6-14-25)31(26-15-7-2-8-16-26)33(34)28-19-11-4-12-20-28/h1-24H. The molecule has 0 aromatic heterocycles. The van der Waals surface area contributed by atoms with Crippen LogP contribution in [0, 0.1) is 5.41 Å². The molecule has 2 aliphatic carbocycles. The van der Waals surface area contributed by atoms with Gasteiger partial charge in [0.05, 0.1) is 5.41 Å². The molecule has 1 nitrogen and oxygen atoms in total. The van der Waals surface area contributed by atoms with E-state index in [4.69, 9.17) is 0 Å². The van der Waals surface area contributed by atoms with Crippen molar-refractivity contribution in [1.82, 2.24) is 0 Å². The van der Waals surface area contributed by atoms with Crippen molar-refractivity contribution in [3.05, 3.63) is 168 Å². The highest BCUT2D eigenvalue weighted by Gasteiger charge is 2.46. The first-order valence-electron chi connectivity index (χ1n) is 11.9. The van der Waals surface area contributed by atoms with E-state index in [9.17, 15) is 4.79 Å². The second-order valence-corrected chi connectivity index (χ2v) is 8.90. The van der Waals surface area contributed by atoms with Crippen molar-refractivity contribution in [2.75, 3.05) is 0 Å². The molecule has 0 unspecified atom stereocenters. The van der Waals surface area contributed by atoms with Crippen LogP contribution in [0.25, 0.3) is 22.3 Å². The van der Waals surface area contributed by atoms with Crippen molar-refractivity contribution in [2.45, 2.75) is 0 Å². The quantitative estimate of drug-likeness (QED) is 0.310. The number of ketones is 1. The Bertz CT molecular complexity index is 1390. The summed E-state index contributed by atoms with van der Waals surface area (Å²) in [5, 5.41) is 0. The average Bonchev–Trinajstić information content (AvgIpc) is 3.23. The Hall–Kier alpha value is -4.49. The number of carbonyl (C=O) groups excluding carboxylic acids is 1. The van der Waals surface area contributed by atoms with Gasteiger partial charge in [-0.15, -0.1) is 0 Å². The van der Waals surface area contributed by atoms with Crippen LogP contribution in [0.3, 0.4) is 0 Å². The van der Waals surface area contributed by atoms with Gasteiger partial charge in [0.25, 0.3) is 0 Å². The van der Waals surface area contributed by atoms with Crippen molar-refractivity contribution in [2.24, 2.45) is 5.41 Å². The maximum atomic E-state index is 12.4. The highest BCUT2D eigenvalue weighted by molar-refractivity contribution is 6.31. The molecule has 0 saturated heterocycles. The molecule has 6 rings (SSSR count). The van der Waals surface area contributed by atoms with E-state index in [0.717, 1.165) is 22.3 Å². The van der Waals surface area contributed by atoms with Gasteiger partial charge in [0.1, 0.15) is 0 Å². The third-order valence-corrected chi connectivity index (χ3v) is 6.85. The molecule has 0 saturated carbocycles. The molecule has 4 aromatic carbocycles. The smallest absolute Gasteiger partial charge is 0.178 e. The van der Waals surface area contributed by atoms with Gasteiger partial charge in [0, 0.05) is 0 Å². The normalized spacial score (nSPS) is 16.4. The fourth-order valence-corrected chi connectivity index (χ4v) is 5.42. The second-order valence-electron chi connectivity index (χ2n) is 8.90. The van der Waals surface area contributed by atoms with Gasteiger partial charge in [-0.3, -0.25) is 4.79 Å². The Morgan fingerprint density at radius 1 is 0.400 bits per heavy atom. The third-order valence-electron chi connectivity index (χ3n) is 6.85. The number of hydrogen-bond donors (Lipinski definition) is 0. The first-order valence-corrected chi connectivity index (χ1v) is 11.9. The first-order chi connectivity index (χ1) is 17.3. The lowest BCUT2D eigenvalue weighted by molar-refractivity contribution is -0.110. The van der Waals surface area contributed by atoms with Gasteiger partial charge in [-0.1, -0.05) is 133 Å². The fraction of sp³-hybridized carbons (Fsp3) is 0.0294. The summed E-state index contributed by atoms with van der Waals surface area (Å²) < 4.78 is 0. The van der Waals surface area contributed by atoms with Crippen LogP contribution in [0.4, 0.5) is 0 Å². The second kappa shape index (κ2) is 8.70. The fourth-order valence-electron chi connectivity index (χ4n) is 5.42. The molecule has 0 radical (unpaired) electrons. The summed E-state index contributed by atoms with van der Waals surface area (Å²) in [6.45, 7) is 0. The van der Waals surface area contributed by atoms with Crippen LogP contribution in [0.5, 0.6) is 0 Å². The molecule has 0 N–H and O–H groups in total. The van der Waals surface area contributed by atoms with Crippen molar-refractivity contribution in [3.63, 3.8) is 0 Å². The van der Waals surface area contributed by atoms with Crippen LogP contribution in [-0.4, -0.2) is 5.78 Å². The van der Waals surface area contributed by atoms with Gasteiger partial charge in [0.15, 0.2) is 5.78 Å². The van der Waals surface area contributed by atoms with Crippen LogP contribution < -0.4 is 0 Å². The van der Waals surface area contributed by atoms with E-state index in [2.05, 4.69) is 121 Å². The molecule has 0 bridgehead atoms. The molecular formula is C34H24O. The topological polar surface area (TPSA) is 17.1 Å². The Kier molecular flexibility index (Phi) is 5.24. The maximum absolute atomic E-state index is 12.4. The molecule has 0 fully saturated rings. The van der Waals surface area contributed by atoms with Crippen molar-refractivity contribution >= 4 is 28.1 Å². The van der Waals surface area contributed by atoms with Gasteiger partial charge in [-0.25, -0.2) is 0 Å². The number of benzene rings is 4. The summed E-state index contributed by atoms with van der Waals surface area (Å²) in [7, 11) is 0. The lowest BCUT2D eigenvalue weighted by Crippen LogP contribution is -2.21. The van der Waals surface area contributed by atoms with Crippen molar-refractivity contribution < 1.29 is 4.79 Å². The summed E-state index contributed by atoms with van der Waals surface area (Å²) in [6.07, 6.45) is 7.64. The predicted molar refractivity (Wildman–Crippen MR) is 145 cm³/mol. The molecule has 0 heterocycles. The zero-order chi connectivity index (χ0) is 23.7. The highest BCUT2D eigenvalue weighted by Crippen LogP contribution is 2.63. The number of rotatable bonds is 4. The summed E-state index contributed by atoms with van der Waals surface area (Å²) in [6, 6.07) is 42.4. The van der Waals surface area contributed by atoms with Crippen LogP contribution in [0.2, 0.25) is 0 Å². The molecule has 0 atom stereocenters. The summed E-state index contributed by atoms with van der Waals surface area (Å²) in [4.78, 5) is 12.4. The average molecular weight is 449 g/mol. The maximum Gasteiger partial charge on any atom is 0.178 e. The van der Waals surface area contributed by atoms with Crippen LogP contribution in [-0.2, 0) is 4.79 Å².